The normalized spacial score (nSPS) is 12.6. The zero-order valence-electron chi connectivity index (χ0n) is 12.2. The van der Waals surface area contributed by atoms with E-state index in [1.807, 2.05) is 0 Å². The van der Waals surface area contributed by atoms with Gasteiger partial charge >= 0.3 is 0 Å². The van der Waals surface area contributed by atoms with Crippen molar-refractivity contribution in [3.63, 3.8) is 0 Å². The van der Waals surface area contributed by atoms with E-state index >= 15 is 0 Å². The average Bonchev–Trinajstić information content (AvgIpc) is 2.06. The minimum absolute atomic E-state index is 0.0560. The Kier molecular flexibility index (Phi) is 3.47. The quantitative estimate of drug-likeness (QED) is 0.718. The Bertz CT molecular complexity index is 406. The maximum Gasteiger partial charge on any atom is 0.0394 e. The lowest BCUT2D eigenvalue weighted by Gasteiger charge is -2.27. The highest BCUT2D eigenvalue weighted by atomic mass is 15.0. The first-order valence-electron chi connectivity index (χ1n) is 6.19. The van der Waals surface area contributed by atoms with E-state index in [1.54, 1.807) is 0 Å². The average molecular weight is 234 g/mol. The third-order valence-corrected chi connectivity index (χ3v) is 2.71. The Morgan fingerprint density at radius 2 is 1.53 bits per heavy atom. The van der Waals surface area contributed by atoms with Crippen molar-refractivity contribution in [3.05, 3.63) is 23.3 Å². The van der Waals surface area contributed by atoms with Gasteiger partial charge in [-0.25, -0.2) is 0 Å². The van der Waals surface area contributed by atoms with Gasteiger partial charge in [0.05, 0.1) is 0 Å². The van der Waals surface area contributed by atoms with Gasteiger partial charge in [0.1, 0.15) is 0 Å². The van der Waals surface area contributed by atoms with Crippen molar-refractivity contribution < 1.29 is 0 Å². The van der Waals surface area contributed by atoms with Crippen LogP contribution in [-0.2, 0) is 5.41 Å². The molecule has 0 saturated carbocycles. The molecular formula is C15H26N2. The third kappa shape index (κ3) is 3.65. The SMILES string of the molecule is Cc1cc(C(C)(C)C)c(N)cc1NC(C)(C)C. The molecule has 0 aromatic heterocycles. The highest BCUT2D eigenvalue weighted by Crippen LogP contribution is 2.33. The maximum absolute atomic E-state index is 6.16. The predicted molar refractivity (Wildman–Crippen MR) is 77.7 cm³/mol. The van der Waals surface area contributed by atoms with Crippen LogP contribution in [0.3, 0.4) is 0 Å². The van der Waals surface area contributed by atoms with Crippen molar-refractivity contribution in [2.75, 3.05) is 11.1 Å². The first kappa shape index (κ1) is 13.9. The summed E-state index contributed by atoms with van der Waals surface area (Å²) in [6.45, 7) is 15.2. The lowest BCUT2D eigenvalue weighted by atomic mass is 9.84. The van der Waals surface area contributed by atoms with E-state index in [1.165, 1.54) is 11.1 Å². The number of hydrogen-bond donors (Lipinski definition) is 2. The molecule has 0 fully saturated rings. The molecule has 96 valence electrons. The van der Waals surface area contributed by atoms with Crippen LogP contribution in [0.4, 0.5) is 11.4 Å². The molecule has 0 heterocycles. The Labute approximate surface area is 106 Å². The minimum atomic E-state index is 0.0560. The summed E-state index contributed by atoms with van der Waals surface area (Å²) in [6, 6.07) is 4.25. The maximum atomic E-state index is 6.16. The summed E-state index contributed by atoms with van der Waals surface area (Å²) >= 11 is 0. The highest BCUT2D eigenvalue weighted by molar-refractivity contribution is 5.65. The van der Waals surface area contributed by atoms with Crippen LogP contribution in [0.25, 0.3) is 0 Å². The van der Waals surface area contributed by atoms with E-state index in [9.17, 15) is 0 Å². The van der Waals surface area contributed by atoms with Gasteiger partial charge < -0.3 is 11.1 Å². The molecule has 0 aliphatic heterocycles. The summed E-state index contributed by atoms with van der Waals surface area (Å²) in [5.74, 6) is 0. The summed E-state index contributed by atoms with van der Waals surface area (Å²) in [7, 11) is 0. The first-order chi connectivity index (χ1) is 7.50. The van der Waals surface area contributed by atoms with Crippen LogP contribution in [0.5, 0.6) is 0 Å². The van der Waals surface area contributed by atoms with Gasteiger partial charge in [-0.1, -0.05) is 26.8 Å². The van der Waals surface area contributed by atoms with E-state index in [2.05, 4.69) is 65.9 Å². The van der Waals surface area contributed by atoms with Crippen LogP contribution in [0, 0.1) is 6.92 Å². The van der Waals surface area contributed by atoms with E-state index < -0.39 is 0 Å². The molecule has 1 aromatic carbocycles. The Balaban J connectivity index is 3.19. The number of anilines is 2. The van der Waals surface area contributed by atoms with Crippen LogP contribution < -0.4 is 11.1 Å². The van der Waals surface area contributed by atoms with Crippen molar-refractivity contribution in [3.8, 4) is 0 Å². The molecule has 3 N–H and O–H groups in total. The molecule has 2 heteroatoms. The Morgan fingerprint density at radius 1 is 1.00 bits per heavy atom. The summed E-state index contributed by atoms with van der Waals surface area (Å²) in [5, 5.41) is 3.49. The molecule has 0 saturated heterocycles. The number of aryl methyl sites for hydroxylation is 1. The Hall–Kier alpha value is -1.18. The van der Waals surface area contributed by atoms with Crippen molar-refractivity contribution in [2.45, 2.75) is 59.4 Å². The van der Waals surface area contributed by atoms with Crippen molar-refractivity contribution >= 4 is 11.4 Å². The molecule has 0 aliphatic rings. The lowest BCUT2D eigenvalue weighted by molar-refractivity contribution is 0.591. The molecule has 1 aromatic rings. The molecule has 17 heavy (non-hydrogen) atoms. The molecular weight excluding hydrogens is 208 g/mol. The summed E-state index contributed by atoms with van der Waals surface area (Å²) in [6.07, 6.45) is 0. The van der Waals surface area contributed by atoms with Gasteiger partial charge in [0.15, 0.2) is 0 Å². The molecule has 0 unspecified atom stereocenters. The van der Waals surface area contributed by atoms with Crippen LogP contribution in [0.15, 0.2) is 12.1 Å². The van der Waals surface area contributed by atoms with Crippen LogP contribution in [0.1, 0.15) is 52.7 Å². The van der Waals surface area contributed by atoms with E-state index in [0.717, 1.165) is 11.4 Å². The fourth-order valence-electron chi connectivity index (χ4n) is 1.91. The lowest BCUT2D eigenvalue weighted by Crippen LogP contribution is -2.27. The van der Waals surface area contributed by atoms with Crippen molar-refractivity contribution in [1.82, 2.24) is 0 Å². The number of nitrogen functional groups attached to an aromatic ring is 1. The monoisotopic (exact) mass is 234 g/mol. The number of benzene rings is 1. The first-order valence-corrected chi connectivity index (χ1v) is 6.19. The van der Waals surface area contributed by atoms with Gasteiger partial charge in [0.25, 0.3) is 0 Å². The van der Waals surface area contributed by atoms with Gasteiger partial charge in [0.2, 0.25) is 0 Å². The number of hydrogen-bond acceptors (Lipinski definition) is 2. The predicted octanol–water partition coefficient (Wildman–Crippen LogP) is 4.09. The van der Waals surface area contributed by atoms with E-state index in [0.29, 0.717) is 0 Å². The van der Waals surface area contributed by atoms with Gasteiger partial charge in [-0.2, -0.15) is 0 Å². The molecule has 0 aliphatic carbocycles. The second-order valence-electron chi connectivity index (χ2n) is 6.88. The fourth-order valence-corrected chi connectivity index (χ4v) is 1.91. The van der Waals surface area contributed by atoms with E-state index in [4.69, 9.17) is 5.73 Å². The van der Waals surface area contributed by atoms with Crippen molar-refractivity contribution in [1.29, 1.82) is 0 Å². The molecule has 0 bridgehead atoms. The summed E-state index contributed by atoms with van der Waals surface area (Å²) in [5.41, 5.74) is 10.8. The highest BCUT2D eigenvalue weighted by Gasteiger charge is 2.19. The summed E-state index contributed by atoms with van der Waals surface area (Å²) in [4.78, 5) is 0. The van der Waals surface area contributed by atoms with Crippen LogP contribution in [0.2, 0.25) is 0 Å². The molecule has 0 atom stereocenters. The third-order valence-electron chi connectivity index (χ3n) is 2.71. The van der Waals surface area contributed by atoms with Gasteiger partial charge in [-0.15, -0.1) is 0 Å². The van der Waals surface area contributed by atoms with E-state index in [-0.39, 0.29) is 11.0 Å². The summed E-state index contributed by atoms with van der Waals surface area (Å²) < 4.78 is 0. The standard InChI is InChI=1S/C15H26N2/c1-10-8-11(14(2,3)4)12(16)9-13(10)17-15(5,6)7/h8-9,17H,16H2,1-7H3. The minimum Gasteiger partial charge on any atom is -0.398 e. The molecule has 0 spiro atoms. The van der Waals surface area contributed by atoms with Crippen molar-refractivity contribution in [2.24, 2.45) is 0 Å². The second-order valence-corrected chi connectivity index (χ2v) is 6.88. The topological polar surface area (TPSA) is 38.0 Å². The smallest absolute Gasteiger partial charge is 0.0394 e. The van der Waals surface area contributed by atoms with Gasteiger partial charge in [-0.05, 0) is 50.3 Å². The molecule has 0 radical (unpaired) electrons. The number of rotatable bonds is 1. The van der Waals surface area contributed by atoms with Gasteiger partial charge in [0, 0.05) is 16.9 Å². The fraction of sp³-hybridized carbons (Fsp3) is 0.600. The number of nitrogens with two attached hydrogens (primary N) is 1. The molecule has 0 amide bonds. The molecule has 1 rings (SSSR count). The van der Waals surface area contributed by atoms with Gasteiger partial charge in [-0.3, -0.25) is 0 Å². The van der Waals surface area contributed by atoms with Crippen LogP contribution >= 0.6 is 0 Å². The second kappa shape index (κ2) is 4.25. The largest absolute Gasteiger partial charge is 0.398 e. The zero-order valence-corrected chi connectivity index (χ0v) is 12.2. The number of nitrogens with one attached hydrogen (secondary N) is 1. The molecule has 2 nitrogen and oxygen atoms in total. The Morgan fingerprint density at radius 3 is 1.94 bits per heavy atom. The van der Waals surface area contributed by atoms with Crippen LogP contribution in [-0.4, -0.2) is 5.54 Å². The zero-order chi connectivity index (χ0) is 13.4.